The van der Waals surface area contributed by atoms with Crippen LogP contribution in [0.5, 0.6) is 5.75 Å². The summed E-state index contributed by atoms with van der Waals surface area (Å²) in [6.45, 7) is 0.511. The van der Waals surface area contributed by atoms with Crippen molar-refractivity contribution in [3.63, 3.8) is 0 Å². The number of hydrogen-bond donors (Lipinski definition) is 2. The standard InChI is InChI=1S/C25H22F3N3O2/c26-25(27,28)22-15-29-24(31-22)19-11-12-21(33-16-18-8-4-5-9-18)20(14-19)30-23(32)13-10-17-6-2-1-3-7-17/h1-3,6-7,11-12,14-15,18H,4-5,8-9,16H2,(H,29,31)(H,30,32). The van der Waals surface area contributed by atoms with E-state index in [1.165, 1.54) is 18.9 Å². The predicted molar refractivity (Wildman–Crippen MR) is 118 cm³/mol. The van der Waals surface area contributed by atoms with Gasteiger partial charge in [-0.25, -0.2) is 4.98 Å². The van der Waals surface area contributed by atoms with Gasteiger partial charge in [0, 0.05) is 17.0 Å². The number of hydrogen-bond acceptors (Lipinski definition) is 3. The molecule has 1 aromatic heterocycles. The highest BCUT2D eigenvalue weighted by molar-refractivity contribution is 6.05. The van der Waals surface area contributed by atoms with E-state index in [1.54, 1.807) is 24.3 Å². The minimum Gasteiger partial charge on any atom is -0.491 e. The Morgan fingerprint density at radius 1 is 1.15 bits per heavy atom. The number of nitrogens with one attached hydrogen (secondary N) is 2. The van der Waals surface area contributed by atoms with Crippen molar-refractivity contribution >= 4 is 11.6 Å². The molecule has 4 rings (SSSR count). The van der Waals surface area contributed by atoms with Crippen molar-refractivity contribution in [2.45, 2.75) is 31.9 Å². The smallest absolute Gasteiger partial charge is 0.432 e. The fraction of sp³-hybridized carbons (Fsp3) is 0.280. The van der Waals surface area contributed by atoms with Gasteiger partial charge in [0.05, 0.1) is 18.5 Å². The second kappa shape index (κ2) is 9.82. The summed E-state index contributed by atoms with van der Waals surface area (Å²) in [5.41, 5.74) is 0.445. The molecule has 0 saturated heterocycles. The fourth-order valence-corrected chi connectivity index (χ4v) is 3.70. The first-order valence-electron chi connectivity index (χ1n) is 10.7. The van der Waals surface area contributed by atoms with Crippen LogP contribution < -0.4 is 10.1 Å². The molecule has 170 valence electrons. The number of alkyl halides is 3. The summed E-state index contributed by atoms with van der Waals surface area (Å²) in [5.74, 6) is 5.67. The van der Waals surface area contributed by atoms with Crippen LogP contribution in [-0.4, -0.2) is 22.5 Å². The molecule has 8 heteroatoms. The van der Waals surface area contributed by atoms with Crippen LogP contribution in [0.2, 0.25) is 0 Å². The molecule has 2 N–H and O–H groups in total. The maximum atomic E-state index is 12.9. The van der Waals surface area contributed by atoms with Gasteiger partial charge in [0.1, 0.15) is 17.3 Å². The van der Waals surface area contributed by atoms with Crippen LogP contribution in [0.3, 0.4) is 0 Å². The summed E-state index contributed by atoms with van der Waals surface area (Å²) in [4.78, 5) is 18.6. The Balaban J connectivity index is 1.57. The van der Waals surface area contributed by atoms with Crippen molar-refractivity contribution in [2.75, 3.05) is 11.9 Å². The van der Waals surface area contributed by atoms with Crippen molar-refractivity contribution in [3.05, 3.63) is 66.0 Å². The van der Waals surface area contributed by atoms with Crippen LogP contribution in [-0.2, 0) is 11.0 Å². The number of aromatic amines is 1. The third kappa shape index (κ3) is 5.95. The minimum absolute atomic E-state index is 0.0375. The van der Waals surface area contributed by atoms with Gasteiger partial charge < -0.3 is 15.0 Å². The molecule has 1 saturated carbocycles. The van der Waals surface area contributed by atoms with Gasteiger partial charge in [-0.3, -0.25) is 4.79 Å². The summed E-state index contributed by atoms with van der Waals surface area (Å²) in [6, 6.07) is 13.8. The van der Waals surface area contributed by atoms with Crippen LogP contribution in [0.25, 0.3) is 11.4 Å². The van der Waals surface area contributed by atoms with E-state index in [4.69, 9.17) is 4.74 Å². The van der Waals surface area contributed by atoms with Gasteiger partial charge in [0.15, 0.2) is 0 Å². The van der Waals surface area contributed by atoms with Crippen molar-refractivity contribution < 1.29 is 22.7 Å². The number of anilines is 1. The summed E-state index contributed by atoms with van der Waals surface area (Å²) >= 11 is 0. The molecule has 1 aliphatic rings. The summed E-state index contributed by atoms with van der Waals surface area (Å²) in [7, 11) is 0. The third-order valence-corrected chi connectivity index (χ3v) is 5.43. The number of aromatic nitrogens is 2. The van der Waals surface area contributed by atoms with Crippen LogP contribution in [0, 0.1) is 17.8 Å². The first-order chi connectivity index (χ1) is 15.9. The van der Waals surface area contributed by atoms with E-state index in [0.717, 1.165) is 19.0 Å². The lowest BCUT2D eigenvalue weighted by atomic mass is 10.1. The van der Waals surface area contributed by atoms with Gasteiger partial charge in [0.25, 0.3) is 0 Å². The van der Waals surface area contributed by atoms with Crippen LogP contribution in [0.1, 0.15) is 36.9 Å². The van der Waals surface area contributed by atoms with E-state index in [0.29, 0.717) is 35.1 Å². The third-order valence-electron chi connectivity index (χ3n) is 5.43. The molecule has 0 aliphatic heterocycles. The summed E-state index contributed by atoms with van der Waals surface area (Å²) in [6.07, 6.45) is 0.740. The molecular formula is C25H22F3N3O2. The summed E-state index contributed by atoms with van der Waals surface area (Å²) in [5, 5.41) is 2.70. The molecule has 0 radical (unpaired) electrons. The van der Waals surface area contributed by atoms with E-state index < -0.39 is 17.8 Å². The van der Waals surface area contributed by atoms with Crippen LogP contribution in [0.15, 0.2) is 54.7 Å². The normalized spacial score (nSPS) is 13.9. The zero-order valence-corrected chi connectivity index (χ0v) is 17.7. The average molecular weight is 453 g/mol. The van der Waals surface area contributed by atoms with E-state index in [9.17, 15) is 18.0 Å². The zero-order valence-electron chi connectivity index (χ0n) is 17.7. The van der Waals surface area contributed by atoms with Gasteiger partial charge in [0.2, 0.25) is 0 Å². The van der Waals surface area contributed by atoms with Gasteiger partial charge in [-0.05, 0) is 49.1 Å². The van der Waals surface area contributed by atoms with Crippen LogP contribution >= 0.6 is 0 Å². The molecule has 33 heavy (non-hydrogen) atoms. The molecule has 0 atom stereocenters. The maximum absolute atomic E-state index is 12.9. The average Bonchev–Trinajstić information content (AvgIpc) is 3.50. The number of rotatable bonds is 5. The molecule has 3 aromatic rings. The fourth-order valence-electron chi connectivity index (χ4n) is 3.70. The number of ether oxygens (including phenoxy) is 1. The molecule has 0 unspecified atom stereocenters. The van der Waals surface area contributed by atoms with Gasteiger partial charge >= 0.3 is 12.1 Å². The molecule has 5 nitrogen and oxygen atoms in total. The number of carbonyl (C=O) groups excluding carboxylic acids is 1. The Labute approximate surface area is 189 Å². The Bertz CT molecular complexity index is 1170. The quantitative estimate of drug-likeness (QED) is 0.491. The first kappa shape index (κ1) is 22.5. The first-order valence-corrected chi connectivity index (χ1v) is 10.7. The second-order valence-corrected chi connectivity index (χ2v) is 7.89. The molecule has 0 bridgehead atoms. The van der Waals surface area contributed by atoms with Crippen molar-refractivity contribution in [1.29, 1.82) is 0 Å². The van der Waals surface area contributed by atoms with E-state index in [-0.39, 0.29) is 5.82 Å². The predicted octanol–water partition coefficient (Wildman–Crippen LogP) is 5.65. The van der Waals surface area contributed by atoms with Gasteiger partial charge in [-0.15, -0.1) is 0 Å². The number of amides is 1. The number of benzene rings is 2. The number of halogens is 3. The Kier molecular flexibility index (Phi) is 6.68. The lowest BCUT2D eigenvalue weighted by Crippen LogP contribution is -2.13. The zero-order chi connectivity index (χ0) is 23.3. The largest absolute Gasteiger partial charge is 0.491 e. The van der Waals surface area contributed by atoms with E-state index in [1.807, 2.05) is 18.2 Å². The highest BCUT2D eigenvalue weighted by Gasteiger charge is 2.33. The van der Waals surface area contributed by atoms with Gasteiger partial charge in [-0.1, -0.05) is 37.0 Å². The summed E-state index contributed by atoms with van der Waals surface area (Å²) < 4.78 is 44.8. The molecule has 0 spiro atoms. The SMILES string of the molecule is O=C(C#Cc1ccccc1)Nc1cc(-c2ncc(C(F)(F)F)[nH]2)ccc1OCC1CCCC1. The topological polar surface area (TPSA) is 67.0 Å². The van der Waals surface area contributed by atoms with Crippen molar-refractivity contribution in [1.82, 2.24) is 9.97 Å². The number of imidazole rings is 1. The molecule has 1 aliphatic carbocycles. The molecule has 2 aromatic carbocycles. The van der Waals surface area contributed by atoms with Crippen molar-refractivity contribution in [3.8, 4) is 29.0 Å². The Morgan fingerprint density at radius 3 is 2.61 bits per heavy atom. The minimum atomic E-state index is -4.53. The van der Waals surface area contributed by atoms with Crippen LogP contribution in [0.4, 0.5) is 18.9 Å². The Hall–Kier alpha value is -3.73. The monoisotopic (exact) mass is 453 g/mol. The second-order valence-electron chi connectivity index (χ2n) is 7.89. The van der Waals surface area contributed by atoms with Gasteiger partial charge in [-0.2, -0.15) is 13.2 Å². The maximum Gasteiger partial charge on any atom is 0.432 e. The van der Waals surface area contributed by atoms with E-state index >= 15 is 0 Å². The number of nitrogens with zero attached hydrogens (tertiary/aromatic N) is 1. The molecule has 1 heterocycles. The lowest BCUT2D eigenvalue weighted by molar-refractivity contribution is -0.140. The molecule has 1 fully saturated rings. The van der Waals surface area contributed by atoms with E-state index in [2.05, 4.69) is 27.1 Å². The number of carbonyl (C=O) groups is 1. The highest BCUT2D eigenvalue weighted by atomic mass is 19.4. The molecular weight excluding hydrogens is 431 g/mol. The Morgan fingerprint density at radius 2 is 1.91 bits per heavy atom. The lowest BCUT2D eigenvalue weighted by Gasteiger charge is -2.15. The highest BCUT2D eigenvalue weighted by Crippen LogP contribution is 2.34. The van der Waals surface area contributed by atoms with Crippen molar-refractivity contribution in [2.24, 2.45) is 5.92 Å². The number of H-pyrrole nitrogens is 1. The molecule has 1 amide bonds.